The van der Waals surface area contributed by atoms with Gasteiger partial charge in [0.15, 0.2) is 0 Å². The number of rotatable bonds is 1. The van der Waals surface area contributed by atoms with Gasteiger partial charge in [0.25, 0.3) is 0 Å². The first-order valence-corrected chi connectivity index (χ1v) is 4.23. The average Bonchev–Trinajstić information content (AvgIpc) is 2.20. The zero-order valence-corrected chi connectivity index (χ0v) is 8.43. The summed E-state index contributed by atoms with van der Waals surface area (Å²) in [7, 11) is 1.33. The number of nitrogens with one attached hydrogen (secondary N) is 1. The first-order chi connectivity index (χ1) is 5.83. The number of hydrogen-bond acceptors (Lipinski definition) is 3. The van der Waals surface area contributed by atoms with Crippen LogP contribution in [0.2, 0.25) is 0 Å². The van der Waals surface area contributed by atoms with E-state index in [0.717, 1.165) is 0 Å². The van der Waals surface area contributed by atoms with Gasteiger partial charge in [-0.15, -0.1) is 0 Å². The van der Waals surface area contributed by atoms with Crippen molar-refractivity contribution in [2.75, 3.05) is 7.11 Å². The summed E-state index contributed by atoms with van der Waals surface area (Å²) in [5.41, 5.74) is -1.28. The van der Waals surface area contributed by atoms with Crippen molar-refractivity contribution in [3.63, 3.8) is 0 Å². The van der Waals surface area contributed by atoms with Crippen LogP contribution in [0.3, 0.4) is 0 Å². The van der Waals surface area contributed by atoms with Crippen molar-refractivity contribution in [1.82, 2.24) is 5.32 Å². The van der Waals surface area contributed by atoms with Gasteiger partial charge in [-0.3, -0.25) is 4.79 Å². The molecule has 0 aromatic rings. The Morgan fingerprint density at radius 1 is 1.46 bits per heavy atom. The zero-order valence-electron chi connectivity index (χ0n) is 8.43. The van der Waals surface area contributed by atoms with E-state index in [9.17, 15) is 9.59 Å². The molecule has 1 aliphatic rings. The topological polar surface area (TPSA) is 55.4 Å². The molecule has 0 radical (unpaired) electrons. The molecule has 0 aliphatic carbocycles. The SMILES string of the molecule is COC(=O)C1(C)NC(=O)CC1(C)C. The van der Waals surface area contributed by atoms with Crippen LogP contribution in [0.15, 0.2) is 0 Å². The number of carbonyl (C=O) groups excluding carboxylic acids is 2. The second kappa shape index (κ2) is 2.72. The van der Waals surface area contributed by atoms with E-state index < -0.39 is 11.0 Å². The summed E-state index contributed by atoms with van der Waals surface area (Å²) in [6.45, 7) is 5.45. The Balaban J connectivity index is 3.02. The summed E-state index contributed by atoms with van der Waals surface area (Å²) in [6.07, 6.45) is 0.360. The lowest BCUT2D eigenvalue weighted by Gasteiger charge is -2.33. The van der Waals surface area contributed by atoms with Gasteiger partial charge in [0, 0.05) is 11.8 Å². The highest BCUT2D eigenvalue weighted by Crippen LogP contribution is 2.39. The minimum absolute atomic E-state index is 0.0992. The number of amides is 1. The van der Waals surface area contributed by atoms with Gasteiger partial charge in [0.2, 0.25) is 5.91 Å². The summed E-state index contributed by atoms with van der Waals surface area (Å²) >= 11 is 0. The van der Waals surface area contributed by atoms with Crippen LogP contribution in [0.4, 0.5) is 0 Å². The van der Waals surface area contributed by atoms with Crippen LogP contribution in [-0.2, 0) is 14.3 Å². The maximum absolute atomic E-state index is 11.5. The summed E-state index contributed by atoms with van der Waals surface area (Å²) in [5.74, 6) is -0.485. The molecule has 0 saturated carbocycles. The molecule has 74 valence electrons. The van der Waals surface area contributed by atoms with E-state index in [0.29, 0.717) is 6.42 Å². The third kappa shape index (κ3) is 1.30. The van der Waals surface area contributed by atoms with Gasteiger partial charge in [-0.25, -0.2) is 4.79 Å². The van der Waals surface area contributed by atoms with Gasteiger partial charge in [0.1, 0.15) is 5.54 Å². The van der Waals surface area contributed by atoms with Gasteiger partial charge < -0.3 is 10.1 Å². The predicted octanol–water partition coefficient (Wildman–Crippen LogP) is 0.464. The fraction of sp³-hybridized carbons (Fsp3) is 0.778. The number of hydrogen-bond donors (Lipinski definition) is 1. The van der Waals surface area contributed by atoms with Gasteiger partial charge in [0.05, 0.1) is 7.11 Å². The van der Waals surface area contributed by atoms with Gasteiger partial charge in [-0.05, 0) is 6.92 Å². The molecule has 1 fully saturated rings. The van der Waals surface area contributed by atoms with Crippen LogP contribution in [0.1, 0.15) is 27.2 Å². The molecule has 4 nitrogen and oxygen atoms in total. The lowest BCUT2D eigenvalue weighted by atomic mass is 9.74. The van der Waals surface area contributed by atoms with Crippen molar-refractivity contribution in [3.8, 4) is 0 Å². The van der Waals surface area contributed by atoms with E-state index in [-0.39, 0.29) is 11.9 Å². The lowest BCUT2D eigenvalue weighted by molar-refractivity contribution is -0.151. The van der Waals surface area contributed by atoms with E-state index in [2.05, 4.69) is 10.1 Å². The van der Waals surface area contributed by atoms with Crippen molar-refractivity contribution < 1.29 is 14.3 Å². The first-order valence-electron chi connectivity index (χ1n) is 4.23. The van der Waals surface area contributed by atoms with Crippen LogP contribution in [0.5, 0.6) is 0 Å². The predicted molar refractivity (Wildman–Crippen MR) is 47.0 cm³/mol. The van der Waals surface area contributed by atoms with E-state index in [1.807, 2.05) is 13.8 Å². The largest absolute Gasteiger partial charge is 0.467 e. The van der Waals surface area contributed by atoms with Gasteiger partial charge in [-0.1, -0.05) is 13.8 Å². The first kappa shape index (κ1) is 10.0. The molecule has 1 rings (SSSR count). The molecule has 1 heterocycles. The number of esters is 1. The highest BCUT2D eigenvalue weighted by molar-refractivity contribution is 5.93. The van der Waals surface area contributed by atoms with E-state index in [1.54, 1.807) is 6.92 Å². The third-order valence-electron chi connectivity index (χ3n) is 2.94. The van der Waals surface area contributed by atoms with Crippen LogP contribution < -0.4 is 5.32 Å². The smallest absolute Gasteiger partial charge is 0.331 e. The molecular formula is C9H15NO3. The van der Waals surface area contributed by atoms with Crippen LogP contribution in [0.25, 0.3) is 0 Å². The van der Waals surface area contributed by atoms with Crippen molar-refractivity contribution in [2.45, 2.75) is 32.7 Å². The fourth-order valence-corrected chi connectivity index (χ4v) is 1.60. The van der Waals surface area contributed by atoms with Crippen molar-refractivity contribution in [1.29, 1.82) is 0 Å². The maximum atomic E-state index is 11.5. The second-order valence-electron chi connectivity index (χ2n) is 4.23. The Bertz CT molecular complexity index is 260. The molecule has 1 aliphatic heterocycles. The lowest BCUT2D eigenvalue weighted by Crippen LogP contribution is -2.54. The van der Waals surface area contributed by atoms with E-state index in [1.165, 1.54) is 7.11 Å². The number of carbonyl (C=O) groups is 2. The normalized spacial score (nSPS) is 31.2. The standard InChI is InChI=1S/C9H15NO3/c1-8(2)5-6(11)10-9(8,3)7(12)13-4/h5H2,1-4H3,(H,10,11). The van der Waals surface area contributed by atoms with Crippen LogP contribution in [0, 0.1) is 5.41 Å². The minimum Gasteiger partial charge on any atom is -0.467 e. The Labute approximate surface area is 77.6 Å². The van der Waals surface area contributed by atoms with E-state index in [4.69, 9.17) is 0 Å². The number of methoxy groups -OCH3 is 1. The summed E-state index contributed by atoms with van der Waals surface area (Å²) in [6, 6.07) is 0. The summed E-state index contributed by atoms with van der Waals surface area (Å²) in [4.78, 5) is 22.6. The minimum atomic E-state index is -0.890. The Morgan fingerprint density at radius 2 is 2.00 bits per heavy atom. The summed E-state index contributed by atoms with van der Waals surface area (Å²) < 4.78 is 4.67. The van der Waals surface area contributed by atoms with E-state index >= 15 is 0 Å². The number of ether oxygens (including phenoxy) is 1. The van der Waals surface area contributed by atoms with Crippen LogP contribution >= 0.6 is 0 Å². The Hall–Kier alpha value is -1.06. The van der Waals surface area contributed by atoms with Crippen molar-refractivity contribution >= 4 is 11.9 Å². The summed E-state index contributed by atoms with van der Waals surface area (Å²) in [5, 5.41) is 2.66. The molecule has 0 spiro atoms. The molecule has 0 bridgehead atoms. The van der Waals surface area contributed by atoms with Crippen molar-refractivity contribution in [3.05, 3.63) is 0 Å². The Morgan fingerprint density at radius 3 is 2.31 bits per heavy atom. The molecule has 0 aromatic heterocycles. The monoisotopic (exact) mass is 185 g/mol. The molecule has 1 unspecified atom stereocenters. The molecule has 1 atom stereocenters. The average molecular weight is 185 g/mol. The fourth-order valence-electron chi connectivity index (χ4n) is 1.60. The molecular weight excluding hydrogens is 170 g/mol. The molecule has 1 saturated heterocycles. The van der Waals surface area contributed by atoms with Crippen molar-refractivity contribution in [2.24, 2.45) is 5.41 Å². The Kier molecular flexibility index (Phi) is 2.10. The van der Waals surface area contributed by atoms with Gasteiger partial charge >= 0.3 is 5.97 Å². The maximum Gasteiger partial charge on any atom is 0.331 e. The molecule has 13 heavy (non-hydrogen) atoms. The highest BCUT2D eigenvalue weighted by Gasteiger charge is 2.55. The molecule has 0 aromatic carbocycles. The molecule has 1 N–H and O–H groups in total. The quantitative estimate of drug-likeness (QED) is 0.604. The second-order valence-corrected chi connectivity index (χ2v) is 4.23. The molecule has 1 amide bonds. The third-order valence-corrected chi connectivity index (χ3v) is 2.94. The van der Waals surface area contributed by atoms with Crippen LogP contribution in [-0.4, -0.2) is 24.5 Å². The molecule has 4 heteroatoms. The highest BCUT2D eigenvalue weighted by atomic mass is 16.5. The zero-order chi connectivity index (χ0) is 10.3. The van der Waals surface area contributed by atoms with Gasteiger partial charge in [-0.2, -0.15) is 0 Å².